The second kappa shape index (κ2) is 7.83. The van der Waals surface area contributed by atoms with E-state index >= 15 is 0 Å². The van der Waals surface area contributed by atoms with Gasteiger partial charge in [-0.05, 0) is 41.5 Å². The highest BCUT2D eigenvalue weighted by atomic mass is 16.5. The molecule has 0 unspecified atom stereocenters. The van der Waals surface area contributed by atoms with Crippen molar-refractivity contribution in [3.05, 3.63) is 59.2 Å². The van der Waals surface area contributed by atoms with Crippen LogP contribution in [0.5, 0.6) is 17.2 Å². The Morgan fingerprint density at radius 3 is 2.36 bits per heavy atom. The molecule has 0 aliphatic carbocycles. The maximum absolute atomic E-state index is 12.8. The average Bonchev–Trinajstić information content (AvgIpc) is 2.69. The smallest absolute Gasteiger partial charge is 0.331 e. The van der Waals surface area contributed by atoms with Crippen LogP contribution in [-0.4, -0.2) is 42.1 Å². The van der Waals surface area contributed by atoms with Crippen molar-refractivity contribution in [1.82, 2.24) is 10.2 Å². The Balaban J connectivity index is 1.87. The van der Waals surface area contributed by atoms with Crippen molar-refractivity contribution in [2.75, 3.05) is 14.2 Å². The molecule has 2 aromatic carbocycles. The lowest BCUT2D eigenvalue weighted by atomic mass is 10.1. The molecule has 28 heavy (non-hydrogen) atoms. The van der Waals surface area contributed by atoms with Gasteiger partial charge in [0.2, 0.25) is 0 Å². The van der Waals surface area contributed by atoms with Gasteiger partial charge in [0, 0.05) is 0 Å². The molecule has 4 amide bonds. The molecule has 2 aromatic rings. The minimum atomic E-state index is -0.795. The van der Waals surface area contributed by atoms with Crippen molar-refractivity contribution in [2.45, 2.75) is 6.54 Å². The third kappa shape index (κ3) is 3.80. The highest BCUT2D eigenvalue weighted by Crippen LogP contribution is 2.28. The largest absolute Gasteiger partial charge is 0.504 e. The molecule has 1 fully saturated rings. The van der Waals surface area contributed by atoms with E-state index in [1.807, 2.05) is 0 Å². The molecule has 1 aliphatic heterocycles. The van der Waals surface area contributed by atoms with Crippen molar-refractivity contribution >= 4 is 23.9 Å². The lowest BCUT2D eigenvalue weighted by molar-refractivity contribution is -0.130. The summed E-state index contributed by atoms with van der Waals surface area (Å²) in [6.07, 6.45) is 1.31. The van der Waals surface area contributed by atoms with Crippen LogP contribution in [-0.2, 0) is 16.1 Å². The monoisotopic (exact) mass is 382 g/mol. The predicted octanol–water partition coefficient (Wildman–Crippen LogP) is 2.07. The third-order valence-corrected chi connectivity index (χ3v) is 4.20. The van der Waals surface area contributed by atoms with Crippen LogP contribution in [0.25, 0.3) is 6.08 Å². The van der Waals surface area contributed by atoms with Gasteiger partial charge in [-0.15, -0.1) is 0 Å². The van der Waals surface area contributed by atoms with Gasteiger partial charge in [0.15, 0.2) is 11.5 Å². The summed E-state index contributed by atoms with van der Waals surface area (Å²) in [7, 11) is 2.95. The Labute approximate surface area is 161 Å². The maximum atomic E-state index is 12.8. The van der Waals surface area contributed by atoms with Crippen LogP contribution in [0.1, 0.15) is 11.1 Å². The van der Waals surface area contributed by atoms with E-state index in [4.69, 9.17) is 9.47 Å². The summed E-state index contributed by atoms with van der Waals surface area (Å²) in [6.45, 7) is -0.00680. The molecule has 2 N–H and O–H groups in total. The first-order chi connectivity index (χ1) is 13.4. The molecule has 0 radical (unpaired) electrons. The van der Waals surface area contributed by atoms with Gasteiger partial charge < -0.3 is 14.6 Å². The van der Waals surface area contributed by atoms with Crippen LogP contribution < -0.4 is 14.8 Å². The van der Waals surface area contributed by atoms with Crippen LogP contribution in [0.3, 0.4) is 0 Å². The fourth-order valence-corrected chi connectivity index (χ4v) is 2.71. The Hall–Kier alpha value is -3.81. The van der Waals surface area contributed by atoms with Crippen LogP contribution >= 0.6 is 0 Å². The molecule has 8 heteroatoms. The summed E-state index contributed by atoms with van der Waals surface area (Å²) in [5, 5.41) is 12.0. The Bertz CT molecular complexity index is 965. The Morgan fingerprint density at radius 1 is 1.04 bits per heavy atom. The quantitative estimate of drug-likeness (QED) is 0.606. The standard InChI is InChI=1S/C20H18N2O6/c1-27-14-6-3-12(4-7-14)11-22-19(25)15(18(24)21-20(22)26)9-13-5-8-17(28-2)16(23)10-13/h3-10,23H,11H2,1-2H3,(H,21,24,26)/b15-9-. The highest BCUT2D eigenvalue weighted by Gasteiger charge is 2.35. The number of urea groups is 1. The first-order valence-corrected chi connectivity index (χ1v) is 8.31. The topological polar surface area (TPSA) is 105 Å². The van der Waals surface area contributed by atoms with E-state index in [2.05, 4.69) is 5.32 Å². The van der Waals surface area contributed by atoms with Crippen LogP contribution in [0.2, 0.25) is 0 Å². The van der Waals surface area contributed by atoms with Crippen LogP contribution in [0.15, 0.2) is 48.0 Å². The first-order valence-electron chi connectivity index (χ1n) is 8.31. The molecule has 0 saturated carbocycles. The number of carbonyl (C=O) groups is 3. The zero-order valence-electron chi connectivity index (χ0n) is 15.3. The molecule has 1 aliphatic rings. The van der Waals surface area contributed by atoms with Crippen molar-refractivity contribution in [3.63, 3.8) is 0 Å². The molecule has 0 atom stereocenters. The second-order valence-corrected chi connectivity index (χ2v) is 5.99. The number of benzene rings is 2. The second-order valence-electron chi connectivity index (χ2n) is 5.99. The van der Waals surface area contributed by atoms with Crippen molar-refractivity contribution < 1.29 is 29.0 Å². The molecular weight excluding hydrogens is 364 g/mol. The van der Waals surface area contributed by atoms with Gasteiger partial charge in [0.25, 0.3) is 11.8 Å². The van der Waals surface area contributed by atoms with Crippen molar-refractivity contribution in [3.8, 4) is 17.2 Å². The predicted molar refractivity (Wildman–Crippen MR) is 99.7 cm³/mol. The number of nitrogens with one attached hydrogen (secondary N) is 1. The molecule has 0 bridgehead atoms. The fourth-order valence-electron chi connectivity index (χ4n) is 2.71. The molecule has 1 heterocycles. The van der Waals surface area contributed by atoms with E-state index in [0.717, 1.165) is 4.90 Å². The number of methoxy groups -OCH3 is 2. The number of nitrogens with zero attached hydrogens (tertiary/aromatic N) is 1. The summed E-state index contributed by atoms with van der Waals surface area (Å²) < 4.78 is 10.0. The molecular formula is C20H18N2O6. The number of ether oxygens (including phenoxy) is 2. The number of aromatic hydroxyl groups is 1. The van der Waals surface area contributed by atoms with Gasteiger partial charge in [-0.2, -0.15) is 0 Å². The summed E-state index contributed by atoms with van der Waals surface area (Å²) in [5.41, 5.74) is 0.897. The number of carbonyl (C=O) groups excluding carboxylic acids is 3. The highest BCUT2D eigenvalue weighted by molar-refractivity contribution is 6.30. The van der Waals surface area contributed by atoms with Crippen molar-refractivity contribution in [2.24, 2.45) is 0 Å². The normalized spacial score (nSPS) is 15.6. The number of phenolic OH excluding ortho intramolecular Hbond substituents is 1. The molecule has 144 valence electrons. The van der Waals surface area contributed by atoms with Gasteiger partial charge in [-0.3, -0.25) is 19.8 Å². The van der Waals surface area contributed by atoms with Crippen LogP contribution in [0.4, 0.5) is 4.79 Å². The van der Waals surface area contributed by atoms with Gasteiger partial charge in [-0.1, -0.05) is 18.2 Å². The number of imide groups is 2. The number of barbiturate groups is 1. The average molecular weight is 382 g/mol. The van der Waals surface area contributed by atoms with Gasteiger partial charge in [-0.25, -0.2) is 4.79 Å². The number of amides is 4. The van der Waals surface area contributed by atoms with E-state index in [-0.39, 0.29) is 23.6 Å². The summed E-state index contributed by atoms with van der Waals surface area (Å²) in [6, 6.07) is 10.5. The minimum Gasteiger partial charge on any atom is -0.504 e. The number of phenols is 1. The molecule has 8 nitrogen and oxygen atoms in total. The minimum absolute atomic E-state index is 0.00680. The summed E-state index contributed by atoms with van der Waals surface area (Å²) >= 11 is 0. The Kier molecular flexibility index (Phi) is 5.30. The Morgan fingerprint density at radius 2 is 1.75 bits per heavy atom. The lowest BCUT2D eigenvalue weighted by Gasteiger charge is -2.26. The zero-order chi connectivity index (χ0) is 20.3. The van der Waals surface area contributed by atoms with Crippen molar-refractivity contribution in [1.29, 1.82) is 0 Å². The number of hydrogen-bond acceptors (Lipinski definition) is 6. The number of rotatable bonds is 5. The summed E-state index contributed by atoms with van der Waals surface area (Å²) in [4.78, 5) is 38.0. The maximum Gasteiger partial charge on any atom is 0.331 e. The molecule has 3 rings (SSSR count). The number of hydrogen-bond donors (Lipinski definition) is 2. The third-order valence-electron chi connectivity index (χ3n) is 4.20. The van der Waals surface area contributed by atoms with Gasteiger partial charge in [0.05, 0.1) is 20.8 Å². The van der Waals surface area contributed by atoms with E-state index in [0.29, 0.717) is 16.9 Å². The SMILES string of the molecule is COc1ccc(CN2C(=O)NC(=O)/C(=C/c3ccc(OC)c(O)c3)C2=O)cc1. The lowest BCUT2D eigenvalue weighted by Crippen LogP contribution is -2.53. The van der Waals surface area contributed by atoms with Crippen LogP contribution in [0, 0.1) is 0 Å². The van der Waals surface area contributed by atoms with E-state index < -0.39 is 17.8 Å². The molecule has 0 aromatic heterocycles. The first kappa shape index (κ1) is 19.0. The molecule has 0 spiro atoms. The summed E-state index contributed by atoms with van der Waals surface area (Å²) in [5.74, 6) is -0.742. The molecule has 1 saturated heterocycles. The fraction of sp³-hybridized carbons (Fsp3) is 0.150. The zero-order valence-corrected chi connectivity index (χ0v) is 15.3. The van der Waals surface area contributed by atoms with E-state index in [1.165, 1.54) is 32.4 Å². The van der Waals surface area contributed by atoms with Gasteiger partial charge >= 0.3 is 6.03 Å². The van der Waals surface area contributed by atoms with E-state index in [1.54, 1.807) is 30.3 Å². The van der Waals surface area contributed by atoms with Gasteiger partial charge in [0.1, 0.15) is 11.3 Å². The van der Waals surface area contributed by atoms with E-state index in [9.17, 15) is 19.5 Å².